The van der Waals surface area contributed by atoms with E-state index in [1.54, 1.807) is 31.2 Å². The van der Waals surface area contributed by atoms with E-state index in [0.717, 1.165) is 16.8 Å². The normalized spacial score (nSPS) is 10.6. The van der Waals surface area contributed by atoms with Gasteiger partial charge in [0.1, 0.15) is 10.8 Å². The van der Waals surface area contributed by atoms with Crippen molar-refractivity contribution in [2.45, 2.75) is 18.7 Å². The average molecular weight is 455 g/mol. The number of ether oxygens (including phenoxy) is 1. The van der Waals surface area contributed by atoms with Gasteiger partial charge in [0, 0.05) is 5.02 Å². The Hall–Kier alpha value is -2.70. The first-order valence-corrected chi connectivity index (χ1v) is 10.4. The first kappa shape index (κ1) is 21.0. The highest BCUT2D eigenvalue weighted by Gasteiger charge is 2.12. The Balaban J connectivity index is 1.36. The molecule has 13 heteroatoms. The molecule has 2 N–H and O–H groups in total. The van der Waals surface area contributed by atoms with Crippen LogP contribution in [0, 0.1) is 6.92 Å². The lowest BCUT2D eigenvalue weighted by molar-refractivity contribution is -0.123. The SMILES string of the molecule is Cc1nnc(NC(=O)CSc2nnc(CNC(=O)COc3ccc(Cl)cc3)o2)s1. The predicted molar refractivity (Wildman–Crippen MR) is 107 cm³/mol. The van der Waals surface area contributed by atoms with Gasteiger partial charge in [-0.3, -0.25) is 14.9 Å². The lowest BCUT2D eigenvalue weighted by Crippen LogP contribution is -2.28. The molecule has 0 unspecified atom stereocenters. The summed E-state index contributed by atoms with van der Waals surface area (Å²) < 4.78 is 10.7. The number of aromatic nitrogens is 4. The molecule has 0 bridgehead atoms. The number of hydrogen-bond acceptors (Lipinski definition) is 10. The Morgan fingerprint density at radius 2 is 1.97 bits per heavy atom. The Labute approximate surface area is 178 Å². The van der Waals surface area contributed by atoms with Crippen molar-refractivity contribution >= 4 is 51.6 Å². The molecule has 29 heavy (non-hydrogen) atoms. The number of carbonyl (C=O) groups is 2. The average Bonchev–Trinajstić information content (AvgIpc) is 3.33. The van der Waals surface area contributed by atoms with Gasteiger partial charge in [0.15, 0.2) is 6.61 Å². The van der Waals surface area contributed by atoms with Gasteiger partial charge in [-0.1, -0.05) is 34.7 Å². The molecule has 0 saturated heterocycles. The second-order valence-electron chi connectivity index (χ2n) is 5.44. The summed E-state index contributed by atoms with van der Waals surface area (Å²) in [5.41, 5.74) is 0. The minimum Gasteiger partial charge on any atom is -0.484 e. The highest BCUT2D eigenvalue weighted by Crippen LogP contribution is 2.18. The van der Waals surface area contributed by atoms with Crippen molar-refractivity contribution in [1.82, 2.24) is 25.7 Å². The number of amides is 2. The lowest BCUT2D eigenvalue weighted by Gasteiger charge is -2.06. The quantitative estimate of drug-likeness (QED) is 0.467. The summed E-state index contributed by atoms with van der Waals surface area (Å²) >= 11 is 8.14. The van der Waals surface area contributed by atoms with Crippen molar-refractivity contribution in [3.05, 3.63) is 40.2 Å². The number of aryl methyl sites for hydroxylation is 1. The maximum Gasteiger partial charge on any atom is 0.277 e. The summed E-state index contributed by atoms with van der Waals surface area (Å²) in [7, 11) is 0. The van der Waals surface area contributed by atoms with E-state index in [1.165, 1.54) is 11.3 Å². The first-order chi connectivity index (χ1) is 14.0. The second kappa shape index (κ2) is 10.2. The van der Waals surface area contributed by atoms with Crippen LogP contribution in [0.5, 0.6) is 5.75 Å². The molecule has 3 aromatic rings. The minimum absolute atomic E-state index is 0.0482. The maximum atomic E-state index is 11.9. The fourth-order valence-corrected chi connectivity index (χ4v) is 3.22. The van der Waals surface area contributed by atoms with Gasteiger partial charge in [0.2, 0.25) is 16.9 Å². The van der Waals surface area contributed by atoms with Crippen LogP contribution in [0.1, 0.15) is 10.9 Å². The highest BCUT2D eigenvalue weighted by atomic mass is 35.5. The molecule has 152 valence electrons. The number of thioether (sulfide) groups is 1. The second-order valence-corrected chi connectivity index (χ2v) is 7.99. The van der Waals surface area contributed by atoms with Crippen LogP contribution in [-0.2, 0) is 16.1 Å². The fraction of sp³-hybridized carbons (Fsp3) is 0.250. The van der Waals surface area contributed by atoms with Crippen molar-refractivity contribution in [2.24, 2.45) is 0 Å². The van der Waals surface area contributed by atoms with E-state index in [-0.39, 0.29) is 41.8 Å². The molecule has 0 saturated carbocycles. The van der Waals surface area contributed by atoms with Crippen LogP contribution < -0.4 is 15.4 Å². The molecule has 3 rings (SSSR count). The lowest BCUT2D eigenvalue weighted by atomic mass is 10.3. The predicted octanol–water partition coefficient (Wildman–Crippen LogP) is 2.31. The van der Waals surface area contributed by atoms with Crippen molar-refractivity contribution in [3.8, 4) is 5.75 Å². The molecule has 2 aromatic heterocycles. The topological polar surface area (TPSA) is 132 Å². The summed E-state index contributed by atoms with van der Waals surface area (Å²) in [5, 5.41) is 22.5. The molecule has 0 fully saturated rings. The third-order valence-electron chi connectivity index (χ3n) is 3.17. The summed E-state index contributed by atoms with van der Waals surface area (Å²) in [6.07, 6.45) is 0. The zero-order valence-electron chi connectivity index (χ0n) is 15.0. The fourth-order valence-electron chi connectivity index (χ4n) is 1.90. The smallest absolute Gasteiger partial charge is 0.277 e. The highest BCUT2D eigenvalue weighted by molar-refractivity contribution is 7.99. The minimum atomic E-state index is -0.348. The van der Waals surface area contributed by atoms with Crippen LogP contribution in [0.3, 0.4) is 0 Å². The van der Waals surface area contributed by atoms with E-state index in [2.05, 4.69) is 31.0 Å². The number of benzene rings is 1. The van der Waals surface area contributed by atoms with Gasteiger partial charge >= 0.3 is 0 Å². The number of carbonyl (C=O) groups excluding carboxylic acids is 2. The zero-order valence-corrected chi connectivity index (χ0v) is 17.4. The van der Waals surface area contributed by atoms with Crippen molar-refractivity contribution in [1.29, 1.82) is 0 Å². The van der Waals surface area contributed by atoms with E-state index in [9.17, 15) is 9.59 Å². The van der Waals surface area contributed by atoms with E-state index >= 15 is 0 Å². The van der Waals surface area contributed by atoms with E-state index in [4.69, 9.17) is 20.8 Å². The van der Waals surface area contributed by atoms with Gasteiger partial charge in [0.05, 0.1) is 12.3 Å². The largest absolute Gasteiger partial charge is 0.484 e. The zero-order chi connectivity index (χ0) is 20.6. The number of nitrogens with one attached hydrogen (secondary N) is 2. The van der Waals surface area contributed by atoms with Crippen molar-refractivity contribution in [2.75, 3.05) is 17.7 Å². The molecule has 0 radical (unpaired) electrons. The van der Waals surface area contributed by atoms with Crippen LogP contribution in [0.15, 0.2) is 33.9 Å². The standard InChI is InChI=1S/C16H15ClN6O4S2/c1-9-20-22-15(29-9)19-13(25)8-28-16-23-21-14(27-16)6-18-12(24)7-26-11-4-2-10(17)3-5-11/h2-5H,6-8H2,1H3,(H,18,24)(H,19,22,25). The maximum absolute atomic E-state index is 11.9. The van der Waals surface area contributed by atoms with Crippen molar-refractivity contribution < 1.29 is 18.7 Å². The summed E-state index contributed by atoms with van der Waals surface area (Å²) in [4.78, 5) is 23.7. The Kier molecular flexibility index (Phi) is 7.38. The van der Waals surface area contributed by atoms with Crippen LogP contribution in [-0.4, -0.2) is 44.6 Å². The third-order valence-corrected chi connectivity index (χ3v) is 4.99. The molecule has 1 aromatic carbocycles. The van der Waals surface area contributed by atoms with Gasteiger partial charge in [0.25, 0.3) is 11.1 Å². The molecule has 0 aliphatic rings. The molecule has 0 atom stereocenters. The summed E-state index contributed by atoms with van der Waals surface area (Å²) in [6.45, 7) is 1.68. The van der Waals surface area contributed by atoms with Crippen LogP contribution in [0.25, 0.3) is 0 Å². The number of nitrogens with zero attached hydrogens (tertiary/aromatic N) is 4. The molecule has 0 aliphatic carbocycles. The summed E-state index contributed by atoms with van der Waals surface area (Å²) in [5.74, 6) is 0.204. The molecular formula is C16H15ClN6O4S2. The number of hydrogen-bond donors (Lipinski definition) is 2. The number of rotatable bonds is 9. The van der Waals surface area contributed by atoms with Crippen LogP contribution in [0.4, 0.5) is 5.13 Å². The Morgan fingerprint density at radius 1 is 1.17 bits per heavy atom. The molecule has 2 heterocycles. The van der Waals surface area contributed by atoms with Gasteiger partial charge < -0.3 is 14.5 Å². The van der Waals surface area contributed by atoms with E-state index in [0.29, 0.717) is 15.9 Å². The Bertz CT molecular complexity index is 978. The third kappa shape index (κ3) is 7.00. The molecule has 0 aliphatic heterocycles. The van der Waals surface area contributed by atoms with Crippen LogP contribution >= 0.6 is 34.7 Å². The molecule has 10 nitrogen and oxygen atoms in total. The molecular weight excluding hydrogens is 440 g/mol. The van der Waals surface area contributed by atoms with Gasteiger partial charge in [-0.25, -0.2) is 0 Å². The summed E-state index contributed by atoms with van der Waals surface area (Å²) in [6, 6.07) is 6.67. The van der Waals surface area contributed by atoms with Gasteiger partial charge in [-0.2, -0.15) is 0 Å². The molecule has 0 spiro atoms. The van der Waals surface area contributed by atoms with E-state index < -0.39 is 0 Å². The van der Waals surface area contributed by atoms with Gasteiger partial charge in [-0.15, -0.1) is 20.4 Å². The number of halogens is 1. The van der Waals surface area contributed by atoms with Gasteiger partial charge in [-0.05, 0) is 31.2 Å². The van der Waals surface area contributed by atoms with Crippen LogP contribution in [0.2, 0.25) is 5.02 Å². The number of anilines is 1. The Morgan fingerprint density at radius 3 is 2.69 bits per heavy atom. The first-order valence-electron chi connectivity index (χ1n) is 8.18. The monoisotopic (exact) mass is 454 g/mol. The molecule has 2 amide bonds. The van der Waals surface area contributed by atoms with Crippen molar-refractivity contribution in [3.63, 3.8) is 0 Å². The van der Waals surface area contributed by atoms with E-state index in [1.807, 2.05) is 0 Å².